The molecule has 0 aliphatic rings. The molecule has 0 saturated carbocycles. The molecular formula is C18H13N3O3S. The Morgan fingerprint density at radius 1 is 1.12 bits per heavy atom. The molecular weight excluding hydrogens is 338 g/mol. The van der Waals surface area contributed by atoms with Gasteiger partial charge in [0.15, 0.2) is 17.1 Å². The van der Waals surface area contributed by atoms with Crippen molar-refractivity contribution in [1.29, 1.82) is 0 Å². The van der Waals surface area contributed by atoms with Gasteiger partial charge in [-0.3, -0.25) is 0 Å². The van der Waals surface area contributed by atoms with E-state index in [0.717, 1.165) is 9.79 Å². The van der Waals surface area contributed by atoms with Crippen LogP contribution in [0.15, 0.2) is 64.6 Å². The molecule has 0 spiro atoms. The summed E-state index contributed by atoms with van der Waals surface area (Å²) in [5.41, 5.74) is 0.453. The molecule has 0 aliphatic heterocycles. The zero-order valence-electron chi connectivity index (χ0n) is 13.2. The second-order valence-electron chi connectivity index (χ2n) is 5.31. The molecule has 0 atom stereocenters. The van der Waals surface area contributed by atoms with Gasteiger partial charge in [0.2, 0.25) is 0 Å². The minimum Gasteiger partial charge on any atom is -0.505 e. The van der Waals surface area contributed by atoms with Crippen LogP contribution in [0.4, 0.5) is 0 Å². The van der Waals surface area contributed by atoms with E-state index in [4.69, 9.17) is 4.74 Å². The summed E-state index contributed by atoms with van der Waals surface area (Å²) in [5, 5.41) is 15.8. The molecule has 2 heterocycles. The van der Waals surface area contributed by atoms with Gasteiger partial charge in [0.25, 0.3) is 0 Å². The van der Waals surface area contributed by atoms with Crippen molar-refractivity contribution in [2.45, 2.75) is 9.79 Å². The number of fused-ring (bicyclic) bond motifs is 3. The average molecular weight is 351 g/mol. The van der Waals surface area contributed by atoms with Crippen LogP contribution in [0.5, 0.6) is 5.75 Å². The van der Waals surface area contributed by atoms with Crippen LogP contribution in [-0.4, -0.2) is 32.8 Å². The van der Waals surface area contributed by atoms with Gasteiger partial charge >= 0.3 is 5.97 Å². The van der Waals surface area contributed by atoms with Crippen LogP contribution < -0.4 is 0 Å². The van der Waals surface area contributed by atoms with Crippen LogP contribution >= 0.6 is 11.8 Å². The Morgan fingerprint density at radius 2 is 1.92 bits per heavy atom. The second-order valence-corrected chi connectivity index (χ2v) is 6.45. The van der Waals surface area contributed by atoms with E-state index in [0.29, 0.717) is 16.4 Å². The van der Waals surface area contributed by atoms with Gasteiger partial charge < -0.3 is 9.84 Å². The highest BCUT2D eigenvalue weighted by atomic mass is 32.2. The summed E-state index contributed by atoms with van der Waals surface area (Å²) in [6, 6.07) is 15.6. The highest BCUT2D eigenvalue weighted by molar-refractivity contribution is 7.99. The van der Waals surface area contributed by atoms with Gasteiger partial charge in [-0.2, -0.15) is 5.10 Å². The standard InChI is InChI=1S/C18H13N3O3S/c1-24-18(23)15-16(22)13-8-7-12(25-11-5-3-2-4-6-11)9-14(13)17-19-10-20-21(15)17/h2-10,22H,1H3. The number of carbonyl (C=O) groups excluding carboxylic acids is 1. The van der Waals surface area contributed by atoms with Gasteiger partial charge in [-0.15, -0.1) is 0 Å². The van der Waals surface area contributed by atoms with E-state index in [1.807, 2.05) is 42.5 Å². The first-order chi connectivity index (χ1) is 12.2. The monoisotopic (exact) mass is 351 g/mol. The lowest BCUT2D eigenvalue weighted by atomic mass is 10.1. The summed E-state index contributed by atoms with van der Waals surface area (Å²) in [6.45, 7) is 0. The first-order valence-corrected chi connectivity index (χ1v) is 8.30. The molecule has 0 bridgehead atoms. The van der Waals surface area contributed by atoms with Crippen molar-refractivity contribution in [2.24, 2.45) is 0 Å². The molecule has 2 aromatic heterocycles. The highest BCUT2D eigenvalue weighted by Crippen LogP contribution is 2.36. The number of hydrogen-bond donors (Lipinski definition) is 1. The average Bonchev–Trinajstić information content (AvgIpc) is 3.12. The van der Waals surface area contributed by atoms with Gasteiger partial charge in [0, 0.05) is 20.6 Å². The summed E-state index contributed by atoms with van der Waals surface area (Å²) in [6.07, 6.45) is 1.34. The number of aromatic nitrogens is 3. The molecule has 124 valence electrons. The fourth-order valence-corrected chi connectivity index (χ4v) is 3.58. The summed E-state index contributed by atoms with van der Waals surface area (Å²) >= 11 is 1.60. The SMILES string of the molecule is COC(=O)c1c(O)c2ccc(Sc3ccccc3)cc2c2ncnn12. The number of methoxy groups -OCH3 is 1. The lowest BCUT2D eigenvalue weighted by molar-refractivity contribution is 0.0587. The van der Waals surface area contributed by atoms with Crippen LogP contribution in [0.2, 0.25) is 0 Å². The highest BCUT2D eigenvalue weighted by Gasteiger charge is 2.22. The number of esters is 1. The van der Waals surface area contributed by atoms with Crippen molar-refractivity contribution in [2.75, 3.05) is 7.11 Å². The second kappa shape index (κ2) is 6.10. The van der Waals surface area contributed by atoms with Crippen molar-refractivity contribution in [1.82, 2.24) is 14.6 Å². The van der Waals surface area contributed by atoms with E-state index >= 15 is 0 Å². The molecule has 4 aromatic rings. The summed E-state index contributed by atoms with van der Waals surface area (Å²) in [5.74, 6) is -0.839. The molecule has 0 aliphatic carbocycles. The Kier molecular flexibility index (Phi) is 3.77. The first-order valence-electron chi connectivity index (χ1n) is 7.48. The Bertz CT molecular complexity index is 1090. The summed E-state index contributed by atoms with van der Waals surface area (Å²) in [7, 11) is 1.26. The normalized spacial score (nSPS) is 11.1. The zero-order chi connectivity index (χ0) is 17.4. The largest absolute Gasteiger partial charge is 0.505 e. The number of carbonyl (C=O) groups is 1. The van der Waals surface area contributed by atoms with Crippen molar-refractivity contribution in [3.05, 3.63) is 60.6 Å². The van der Waals surface area contributed by atoms with Crippen molar-refractivity contribution in [3.63, 3.8) is 0 Å². The van der Waals surface area contributed by atoms with Gasteiger partial charge in [0.05, 0.1) is 7.11 Å². The predicted octanol–water partition coefficient (Wildman–Crippen LogP) is 3.53. The Hall–Kier alpha value is -3.06. The molecule has 2 aromatic carbocycles. The van der Waals surface area contributed by atoms with Crippen molar-refractivity contribution in [3.8, 4) is 5.75 Å². The number of benzene rings is 2. The molecule has 0 saturated heterocycles. The van der Waals surface area contributed by atoms with E-state index in [1.165, 1.54) is 18.0 Å². The predicted molar refractivity (Wildman–Crippen MR) is 94.1 cm³/mol. The quantitative estimate of drug-likeness (QED) is 0.569. The molecule has 1 N–H and O–H groups in total. The zero-order valence-corrected chi connectivity index (χ0v) is 14.0. The molecule has 6 nitrogen and oxygen atoms in total. The maximum atomic E-state index is 12.0. The third-order valence-corrected chi connectivity index (χ3v) is 4.83. The number of ether oxygens (including phenoxy) is 1. The third-order valence-electron chi connectivity index (χ3n) is 3.83. The fraction of sp³-hybridized carbons (Fsp3) is 0.0556. The molecule has 0 unspecified atom stereocenters. The maximum absolute atomic E-state index is 12.0. The fourth-order valence-electron chi connectivity index (χ4n) is 2.70. The van der Waals surface area contributed by atoms with E-state index in [9.17, 15) is 9.90 Å². The number of pyridine rings is 1. The van der Waals surface area contributed by atoms with Crippen LogP contribution in [0.3, 0.4) is 0 Å². The first kappa shape index (κ1) is 15.5. The van der Waals surface area contributed by atoms with Gasteiger partial charge in [-0.25, -0.2) is 14.3 Å². The van der Waals surface area contributed by atoms with E-state index in [-0.39, 0.29) is 11.4 Å². The van der Waals surface area contributed by atoms with Crippen LogP contribution in [0.25, 0.3) is 16.4 Å². The molecule has 7 heteroatoms. The Balaban J connectivity index is 1.92. The minimum atomic E-state index is -0.669. The summed E-state index contributed by atoms with van der Waals surface area (Å²) < 4.78 is 6.06. The van der Waals surface area contributed by atoms with Gasteiger partial charge in [0.1, 0.15) is 6.33 Å². The number of hydrogen-bond acceptors (Lipinski definition) is 6. The number of nitrogens with zero attached hydrogens (tertiary/aromatic N) is 3. The van der Waals surface area contributed by atoms with Gasteiger partial charge in [-0.05, 0) is 30.3 Å². The van der Waals surface area contributed by atoms with Crippen LogP contribution in [-0.2, 0) is 4.74 Å². The number of rotatable bonds is 3. The van der Waals surface area contributed by atoms with Crippen molar-refractivity contribution >= 4 is 34.2 Å². The van der Waals surface area contributed by atoms with Crippen LogP contribution in [0.1, 0.15) is 10.5 Å². The Morgan fingerprint density at radius 3 is 2.68 bits per heavy atom. The minimum absolute atomic E-state index is 0.0361. The number of aromatic hydroxyl groups is 1. The van der Waals surface area contributed by atoms with E-state index < -0.39 is 5.97 Å². The smallest absolute Gasteiger partial charge is 0.360 e. The van der Waals surface area contributed by atoms with Crippen molar-refractivity contribution < 1.29 is 14.6 Å². The topological polar surface area (TPSA) is 76.7 Å². The lowest BCUT2D eigenvalue weighted by Crippen LogP contribution is -2.10. The van der Waals surface area contributed by atoms with E-state index in [2.05, 4.69) is 10.1 Å². The molecule has 0 amide bonds. The third kappa shape index (κ3) is 2.58. The molecule has 4 rings (SSSR count). The van der Waals surface area contributed by atoms with Gasteiger partial charge in [-0.1, -0.05) is 30.0 Å². The lowest BCUT2D eigenvalue weighted by Gasteiger charge is -2.10. The summed E-state index contributed by atoms with van der Waals surface area (Å²) in [4.78, 5) is 18.4. The molecule has 0 fully saturated rings. The molecule has 0 radical (unpaired) electrons. The van der Waals surface area contributed by atoms with E-state index in [1.54, 1.807) is 17.8 Å². The van der Waals surface area contributed by atoms with Crippen LogP contribution in [0, 0.1) is 0 Å². The maximum Gasteiger partial charge on any atom is 0.360 e. The molecule has 25 heavy (non-hydrogen) atoms. The Labute approximate surface area is 147 Å².